The maximum atomic E-state index is 12.0. The minimum absolute atomic E-state index is 0.142. The molecule has 1 aliphatic rings. The first-order chi connectivity index (χ1) is 9.06. The molecule has 1 aromatic heterocycles. The van der Waals surface area contributed by atoms with Gasteiger partial charge in [-0.2, -0.15) is 0 Å². The van der Waals surface area contributed by atoms with Crippen LogP contribution in [0.25, 0.3) is 0 Å². The minimum atomic E-state index is -0.557. The molecular weight excluding hydrogens is 274 g/mol. The Labute approximate surface area is 114 Å². The van der Waals surface area contributed by atoms with E-state index < -0.39 is 16.4 Å². The van der Waals surface area contributed by atoms with E-state index in [1.807, 2.05) is 0 Å². The molecule has 2 rings (SSSR count). The third-order valence-corrected chi connectivity index (χ3v) is 3.72. The largest absolute Gasteiger partial charge is 0.381 e. The molecule has 8 heteroatoms. The Morgan fingerprint density at radius 1 is 1.58 bits per heavy atom. The van der Waals surface area contributed by atoms with Gasteiger partial charge in [0.1, 0.15) is 5.69 Å². The SMILES string of the molecule is O=C(NC1(CCl)CCOCC1)c1cc([N+](=O)[O-])c[nH]1. The van der Waals surface area contributed by atoms with E-state index in [0.717, 1.165) is 0 Å². The van der Waals surface area contributed by atoms with Crippen LogP contribution in [0.1, 0.15) is 23.3 Å². The summed E-state index contributed by atoms with van der Waals surface area (Å²) >= 11 is 5.94. The first-order valence-electron chi connectivity index (χ1n) is 5.85. The lowest BCUT2D eigenvalue weighted by Gasteiger charge is -2.36. The van der Waals surface area contributed by atoms with Crippen molar-refractivity contribution in [3.05, 3.63) is 28.1 Å². The van der Waals surface area contributed by atoms with Crippen molar-refractivity contribution < 1.29 is 14.5 Å². The molecule has 1 amide bonds. The molecule has 2 N–H and O–H groups in total. The fraction of sp³-hybridized carbons (Fsp3) is 0.545. The van der Waals surface area contributed by atoms with Crippen LogP contribution in [0.15, 0.2) is 12.3 Å². The van der Waals surface area contributed by atoms with E-state index in [1.54, 1.807) is 0 Å². The fourth-order valence-corrected chi connectivity index (χ4v) is 2.32. The summed E-state index contributed by atoms with van der Waals surface area (Å²) in [6, 6.07) is 1.20. The van der Waals surface area contributed by atoms with Crippen LogP contribution < -0.4 is 5.32 Å². The van der Waals surface area contributed by atoms with Gasteiger partial charge in [0.15, 0.2) is 0 Å². The number of hydrogen-bond acceptors (Lipinski definition) is 4. The third kappa shape index (κ3) is 3.05. The maximum absolute atomic E-state index is 12.0. The highest BCUT2D eigenvalue weighted by Crippen LogP contribution is 2.23. The van der Waals surface area contributed by atoms with E-state index in [4.69, 9.17) is 16.3 Å². The predicted octanol–water partition coefficient (Wildman–Crippen LogP) is 1.44. The zero-order chi connectivity index (χ0) is 13.9. The van der Waals surface area contributed by atoms with Crippen molar-refractivity contribution >= 4 is 23.2 Å². The van der Waals surface area contributed by atoms with Crippen LogP contribution in [0.5, 0.6) is 0 Å². The van der Waals surface area contributed by atoms with Crippen molar-refractivity contribution in [3.8, 4) is 0 Å². The molecule has 1 aliphatic heterocycles. The standard InChI is InChI=1S/C11H14ClN3O4/c12-7-11(1-3-19-4-2-11)14-10(16)9-5-8(6-13-9)15(17)18/h5-6,13H,1-4,7H2,(H,14,16). The molecule has 0 aliphatic carbocycles. The number of nitro groups is 1. The van der Waals surface area contributed by atoms with Crippen molar-refractivity contribution in [3.63, 3.8) is 0 Å². The van der Waals surface area contributed by atoms with Crippen LogP contribution >= 0.6 is 11.6 Å². The number of hydrogen-bond donors (Lipinski definition) is 2. The van der Waals surface area contributed by atoms with Gasteiger partial charge in [0.05, 0.1) is 16.7 Å². The van der Waals surface area contributed by atoms with Crippen LogP contribution in [0.4, 0.5) is 5.69 Å². The molecule has 0 saturated carbocycles. The molecule has 0 radical (unpaired) electrons. The Hall–Kier alpha value is -1.60. The highest BCUT2D eigenvalue weighted by atomic mass is 35.5. The zero-order valence-electron chi connectivity index (χ0n) is 10.1. The van der Waals surface area contributed by atoms with Crippen LogP contribution in [-0.4, -0.2) is 40.4 Å². The second-order valence-corrected chi connectivity index (χ2v) is 4.78. The average Bonchev–Trinajstić information content (AvgIpc) is 2.89. The third-order valence-electron chi connectivity index (χ3n) is 3.21. The number of aromatic nitrogens is 1. The molecule has 1 saturated heterocycles. The molecule has 0 bridgehead atoms. The molecule has 19 heavy (non-hydrogen) atoms. The average molecular weight is 288 g/mol. The predicted molar refractivity (Wildman–Crippen MR) is 68.4 cm³/mol. The quantitative estimate of drug-likeness (QED) is 0.497. The number of amides is 1. The normalized spacial score (nSPS) is 17.9. The molecule has 1 aromatic rings. The molecule has 1 fully saturated rings. The second-order valence-electron chi connectivity index (χ2n) is 4.51. The Bertz CT molecular complexity index is 482. The Balaban J connectivity index is 2.08. The number of alkyl halides is 1. The lowest BCUT2D eigenvalue weighted by molar-refractivity contribution is -0.384. The Morgan fingerprint density at radius 3 is 2.79 bits per heavy atom. The summed E-state index contributed by atoms with van der Waals surface area (Å²) < 4.78 is 5.24. The molecule has 0 aromatic carbocycles. The molecular formula is C11H14ClN3O4. The molecule has 104 valence electrons. The summed E-state index contributed by atoms with van der Waals surface area (Å²) in [5.74, 6) is -0.110. The van der Waals surface area contributed by atoms with Gasteiger partial charge in [-0.05, 0) is 12.8 Å². The van der Waals surface area contributed by atoms with Gasteiger partial charge < -0.3 is 15.0 Å². The number of carbonyl (C=O) groups is 1. The lowest BCUT2D eigenvalue weighted by atomic mass is 9.92. The van der Waals surface area contributed by atoms with Crippen molar-refractivity contribution in [2.24, 2.45) is 0 Å². The smallest absolute Gasteiger partial charge is 0.287 e. The summed E-state index contributed by atoms with van der Waals surface area (Å²) in [4.78, 5) is 24.6. The van der Waals surface area contributed by atoms with E-state index >= 15 is 0 Å². The van der Waals surface area contributed by atoms with Crippen molar-refractivity contribution in [1.29, 1.82) is 0 Å². The first kappa shape index (κ1) is 13.8. The van der Waals surface area contributed by atoms with Gasteiger partial charge in [-0.25, -0.2) is 0 Å². The van der Waals surface area contributed by atoms with Gasteiger partial charge in [0.25, 0.3) is 11.6 Å². The topological polar surface area (TPSA) is 97.3 Å². The van der Waals surface area contributed by atoms with E-state index in [2.05, 4.69) is 10.3 Å². The van der Waals surface area contributed by atoms with Gasteiger partial charge in [-0.15, -0.1) is 11.6 Å². The Kier molecular flexibility index (Phi) is 4.06. The van der Waals surface area contributed by atoms with E-state index in [0.29, 0.717) is 26.1 Å². The van der Waals surface area contributed by atoms with E-state index in [9.17, 15) is 14.9 Å². The number of aromatic amines is 1. The lowest BCUT2D eigenvalue weighted by Crippen LogP contribution is -2.53. The van der Waals surface area contributed by atoms with E-state index in [1.165, 1.54) is 12.3 Å². The first-order valence-corrected chi connectivity index (χ1v) is 6.39. The number of H-pyrrole nitrogens is 1. The summed E-state index contributed by atoms with van der Waals surface area (Å²) in [6.07, 6.45) is 2.45. The fourth-order valence-electron chi connectivity index (χ4n) is 1.98. The van der Waals surface area contributed by atoms with Gasteiger partial charge >= 0.3 is 0 Å². The number of nitrogens with one attached hydrogen (secondary N) is 2. The second kappa shape index (κ2) is 5.58. The minimum Gasteiger partial charge on any atom is -0.381 e. The number of halogens is 1. The number of ether oxygens (including phenoxy) is 1. The molecule has 0 atom stereocenters. The summed E-state index contributed by atoms with van der Waals surface area (Å²) in [5, 5.41) is 13.4. The van der Waals surface area contributed by atoms with Crippen LogP contribution in [0.2, 0.25) is 0 Å². The molecule has 7 nitrogen and oxygen atoms in total. The summed E-state index contributed by atoms with van der Waals surface area (Å²) in [7, 11) is 0. The summed E-state index contributed by atoms with van der Waals surface area (Å²) in [6.45, 7) is 1.08. The van der Waals surface area contributed by atoms with Crippen molar-refractivity contribution in [2.75, 3.05) is 19.1 Å². The molecule has 2 heterocycles. The summed E-state index contributed by atoms with van der Waals surface area (Å²) in [5.41, 5.74) is -0.490. The molecule has 0 unspecified atom stereocenters. The number of rotatable bonds is 4. The monoisotopic (exact) mass is 287 g/mol. The van der Waals surface area contributed by atoms with Gasteiger partial charge in [0.2, 0.25) is 0 Å². The van der Waals surface area contributed by atoms with Crippen LogP contribution in [0, 0.1) is 10.1 Å². The van der Waals surface area contributed by atoms with Crippen LogP contribution in [-0.2, 0) is 4.74 Å². The molecule has 0 spiro atoms. The zero-order valence-corrected chi connectivity index (χ0v) is 10.9. The van der Waals surface area contributed by atoms with Crippen LogP contribution in [0.3, 0.4) is 0 Å². The van der Waals surface area contributed by atoms with Gasteiger partial charge in [-0.3, -0.25) is 14.9 Å². The van der Waals surface area contributed by atoms with E-state index in [-0.39, 0.29) is 17.3 Å². The maximum Gasteiger partial charge on any atom is 0.287 e. The van der Waals surface area contributed by atoms with Crippen molar-refractivity contribution in [1.82, 2.24) is 10.3 Å². The Morgan fingerprint density at radius 2 is 2.26 bits per heavy atom. The van der Waals surface area contributed by atoms with Crippen molar-refractivity contribution in [2.45, 2.75) is 18.4 Å². The highest BCUT2D eigenvalue weighted by Gasteiger charge is 2.34. The van der Waals surface area contributed by atoms with Gasteiger partial charge in [0, 0.05) is 25.2 Å². The number of carbonyl (C=O) groups excluding carboxylic acids is 1. The van der Waals surface area contributed by atoms with Gasteiger partial charge in [-0.1, -0.05) is 0 Å². The number of nitrogens with zero attached hydrogens (tertiary/aromatic N) is 1. The highest BCUT2D eigenvalue weighted by molar-refractivity contribution is 6.19.